The Bertz CT molecular complexity index is 779. The summed E-state index contributed by atoms with van der Waals surface area (Å²) in [5.41, 5.74) is 3.73. The predicted molar refractivity (Wildman–Crippen MR) is 97.5 cm³/mol. The second-order valence-electron chi connectivity index (χ2n) is 6.08. The fourth-order valence-electron chi connectivity index (χ4n) is 3.08. The van der Waals surface area contributed by atoms with Gasteiger partial charge in [0, 0.05) is 18.7 Å². The molecule has 0 radical (unpaired) electrons. The minimum Gasteiger partial charge on any atom is -0.489 e. The van der Waals surface area contributed by atoms with Crippen molar-refractivity contribution in [2.24, 2.45) is 0 Å². The maximum Gasteiger partial charge on any atom is 0.332 e. The van der Waals surface area contributed by atoms with Crippen molar-refractivity contribution >= 4 is 5.97 Å². The lowest BCUT2D eigenvalue weighted by Crippen LogP contribution is -2.58. The summed E-state index contributed by atoms with van der Waals surface area (Å²) in [5, 5.41) is 13.2. The van der Waals surface area contributed by atoms with Gasteiger partial charge in [-0.2, -0.15) is 5.48 Å². The van der Waals surface area contributed by atoms with Gasteiger partial charge in [0.1, 0.15) is 12.4 Å². The van der Waals surface area contributed by atoms with E-state index in [1.807, 2.05) is 42.5 Å². The van der Waals surface area contributed by atoms with E-state index >= 15 is 0 Å². The Labute approximate surface area is 152 Å². The normalized spacial score (nSPS) is 18.8. The zero-order valence-electron chi connectivity index (χ0n) is 14.4. The van der Waals surface area contributed by atoms with Crippen LogP contribution in [0.25, 0.3) is 0 Å². The molecule has 0 spiro atoms. The van der Waals surface area contributed by atoms with Gasteiger partial charge < -0.3 is 15.2 Å². The molecule has 1 unspecified atom stereocenters. The summed E-state index contributed by atoms with van der Waals surface area (Å²) < 4.78 is 5.72. The molecule has 1 aliphatic rings. The van der Waals surface area contributed by atoms with E-state index in [4.69, 9.17) is 9.57 Å². The maximum atomic E-state index is 12.2. The summed E-state index contributed by atoms with van der Waals surface area (Å²) in [6.45, 7) is 4.94. The molecule has 3 rings (SSSR count). The van der Waals surface area contributed by atoms with E-state index in [2.05, 4.69) is 17.4 Å². The molecule has 0 fully saturated rings. The van der Waals surface area contributed by atoms with E-state index in [0.29, 0.717) is 24.5 Å². The Balaban J connectivity index is 1.90. The highest BCUT2D eigenvalue weighted by Gasteiger charge is 2.46. The molecule has 1 atom stereocenters. The number of benzene rings is 2. The van der Waals surface area contributed by atoms with Crippen molar-refractivity contribution in [3.63, 3.8) is 0 Å². The zero-order chi connectivity index (χ0) is 18.4. The average molecular weight is 354 g/mol. The van der Waals surface area contributed by atoms with Crippen LogP contribution in [0.15, 0.2) is 61.2 Å². The SMILES string of the molecule is C=CCOc1cccc2c1C(NOCc1ccccc1)(C(=O)O)CNC2. The smallest absolute Gasteiger partial charge is 0.332 e. The molecule has 2 aromatic carbocycles. The highest BCUT2D eigenvalue weighted by Crippen LogP contribution is 2.36. The third-order valence-electron chi connectivity index (χ3n) is 4.29. The first kappa shape index (κ1) is 18.1. The van der Waals surface area contributed by atoms with Crippen molar-refractivity contribution in [2.45, 2.75) is 18.7 Å². The fraction of sp³-hybridized carbons (Fsp3) is 0.250. The van der Waals surface area contributed by atoms with Crippen LogP contribution < -0.4 is 15.5 Å². The van der Waals surface area contributed by atoms with Crippen LogP contribution in [0.3, 0.4) is 0 Å². The third-order valence-corrected chi connectivity index (χ3v) is 4.29. The second kappa shape index (κ2) is 8.14. The molecular weight excluding hydrogens is 332 g/mol. The van der Waals surface area contributed by atoms with Gasteiger partial charge in [-0.25, -0.2) is 4.79 Å². The first-order valence-corrected chi connectivity index (χ1v) is 8.40. The first-order chi connectivity index (χ1) is 12.7. The number of hydroxylamine groups is 1. The number of nitrogens with one attached hydrogen (secondary N) is 2. The molecule has 0 amide bonds. The van der Waals surface area contributed by atoms with Crippen LogP contribution in [0.4, 0.5) is 0 Å². The molecule has 3 N–H and O–H groups in total. The quantitative estimate of drug-likeness (QED) is 0.499. The lowest BCUT2D eigenvalue weighted by Gasteiger charge is -2.37. The molecule has 6 nitrogen and oxygen atoms in total. The minimum absolute atomic E-state index is 0.179. The predicted octanol–water partition coefficient (Wildman–Crippen LogP) is 2.36. The van der Waals surface area contributed by atoms with Gasteiger partial charge in [0.05, 0.1) is 6.61 Å². The summed E-state index contributed by atoms with van der Waals surface area (Å²) in [7, 11) is 0. The number of aliphatic carboxylic acids is 1. The van der Waals surface area contributed by atoms with Gasteiger partial charge in [0.15, 0.2) is 5.54 Å². The number of carboxylic acid groups (broad SMARTS) is 1. The van der Waals surface area contributed by atoms with Crippen LogP contribution in [0.1, 0.15) is 16.7 Å². The van der Waals surface area contributed by atoms with E-state index in [-0.39, 0.29) is 13.2 Å². The Kier molecular flexibility index (Phi) is 5.68. The van der Waals surface area contributed by atoms with Crippen LogP contribution in [0.5, 0.6) is 5.75 Å². The Morgan fingerprint density at radius 2 is 2.08 bits per heavy atom. The summed E-state index contributed by atoms with van der Waals surface area (Å²) in [5.74, 6) is -0.518. The van der Waals surface area contributed by atoms with Crippen LogP contribution in [-0.4, -0.2) is 24.2 Å². The van der Waals surface area contributed by atoms with E-state index in [9.17, 15) is 9.90 Å². The van der Waals surface area contributed by atoms with Crippen LogP contribution in [0, 0.1) is 0 Å². The Morgan fingerprint density at radius 1 is 1.27 bits per heavy atom. The second-order valence-corrected chi connectivity index (χ2v) is 6.08. The molecule has 0 saturated heterocycles. The summed E-state index contributed by atoms with van der Waals surface area (Å²) in [6.07, 6.45) is 1.63. The lowest BCUT2D eigenvalue weighted by atomic mass is 9.83. The van der Waals surface area contributed by atoms with Gasteiger partial charge in [0.2, 0.25) is 0 Å². The molecule has 6 heteroatoms. The van der Waals surface area contributed by atoms with E-state index in [1.54, 1.807) is 12.1 Å². The summed E-state index contributed by atoms with van der Waals surface area (Å²) >= 11 is 0. The molecule has 26 heavy (non-hydrogen) atoms. The molecule has 1 heterocycles. The third kappa shape index (κ3) is 3.62. The maximum absolute atomic E-state index is 12.2. The molecule has 0 saturated carbocycles. The van der Waals surface area contributed by atoms with Crippen molar-refractivity contribution in [1.29, 1.82) is 0 Å². The molecule has 0 bridgehead atoms. The van der Waals surface area contributed by atoms with Crippen molar-refractivity contribution in [3.05, 3.63) is 77.9 Å². The Hall–Kier alpha value is -2.67. The number of rotatable bonds is 8. The topological polar surface area (TPSA) is 79.8 Å². The number of ether oxygens (including phenoxy) is 1. The standard InChI is InChI=1S/C20H22N2O4/c1-2-11-25-17-10-6-9-16-12-21-14-20(18(16)17,19(23)24)22-26-13-15-7-4-3-5-8-15/h2-10,21-22H,1,11-14H2,(H,23,24). The molecule has 1 aliphatic heterocycles. The summed E-state index contributed by atoms with van der Waals surface area (Å²) in [6, 6.07) is 15.1. The number of hydrogen-bond acceptors (Lipinski definition) is 5. The monoisotopic (exact) mass is 354 g/mol. The molecular formula is C20H22N2O4. The fourth-order valence-corrected chi connectivity index (χ4v) is 3.08. The first-order valence-electron chi connectivity index (χ1n) is 8.40. The highest BCUT2D eigenvalue weighted by atomic mass is 16.6. The van der Waals surface area contributed by atoms with Gasteiger partial charge in [-0.1, -0.05) is 55.1 Å². The van der Waals surface area contributed by atoms with Crippen LogP contribution in [0.2, 0.25) is 0 Å². The van der Waals surface area contributed by atoms with Crippen molar-refractivity contribution < 1.29 is 19.5 Å². The number of carboxylic acids is 1. The van der Waals surface area contributed by atoms with Crippen LogP contribution >= 0.6 is 0 Å². The van der Waals surface area contributed by atoms with E-state index in [1.165, 1.54) is 0 Å². The zero-order valence-corrected chi connectivity index (χ0v) is 14.4. The number of fused-ring (bicyclic) bond motifs is 1. The van der Waals surface area contributed by atoms with Crippen molar-refractivity contribution in [2.75, 3.05) is 13.2 Å². The average Bonchev–Trinajstić information content (AvgIpc) is 2.67. The van der Waals surface area contributed by atoms with E-state index < -0.39 is 11.5 Å². The number of hydrogen-bond donors (Lipinski definition) is 3. The Morgan fingerprint density at radius 3 is 2.81 bits per heavy atom. The molecule has 136 valence electrons. The molecule has 2 aromatic rings. The van der Waals surface area contributed by atoms with Gasteiger partial charge in [-0.15, -0.1) is 0 Å². The minimum atomic E-state index is -1.44. The van der Waals surface area contributed by atoms with Gasteiger partial charge >= 0.3 is 5.97 Å². The summed E-state index contributed by atoms with van der Waals surface area (Å²) in [4.78, 5) is 17.8. The van der Waals surface area contributed by atoms with Gasteiger partial charge in [-0.05, 0) is 17.2 Å². The van der Waals surface area contributed by atoms with Crippen molar-refractivity contribution in [1.82, 2.24) is 10.8 Å². The van der Waals surface area contributed by atoms with Gasteiger partial charge in [-0.3, -0.25) is 4.84 Å². The highest BCUT2D eigenvalue weighted by molar-refractivity contribution is 5.83. The molecule has 0 aliphatic carbocycles. The van der Waals surface area contributed by atoms with E-state index in [0.717, 1.165) is 11.1 Å². The van der Waals surface area contributed by atoms with Crippen molar-refractivity contribution in [3.8, 4) is 5.75 Å². The largest absolute Gasteiger partial charge is 0.489 e. The number of carbonyl (C=O) groups is 1. The van der Waals surface area contributed by atoms with Crippen LogP contribution in [-0.2, 0) is 28.3 Å². The van der Waals surface area contributed by atoms with Gasteiger partial charge in [0.25, 0.3) is 0 Å². The lowest BCUT2D eigenvalue weighted by molar-refractivity contribution is -0.155. The molecule has 0 aromatic heterocycles.